The summed E-state index contributed by atoms with van der Waals surface area (Å²) in [5, 5.41) is 13.2. The Labute approximate surface area is 181 Å². The summed E-state index contributed by atoms with van der Waals surface area (Å²) in [6, 6.07) is 12.0. The van der Waals surface area contributed by atoms with Crippen molar-refractivity contribution in [2.24, 2.45) is 0 Å². The first-order valence-corrected chi connectivity index (χ1v) is 10.4. The third-order valence-electron chi connectivity index (χ3n) is 4.45. The summed E-state index contributed by atoms with van der Waals surface area (Å²) in [4.78, 5) is 12.7. The van der Waals surface area contributed by atoms with Crippen LogP contribution in [-0.4, -0.2) is 35.9 Å². The normalized spacial score (nSPS) is 11.0. The van der Waals surface area contributed by atoms with E-state index < -0.39 is 5.82 Å². The lowest BCUT2D eigenvalue weighted by Gasteiger charge is -2.10. The fourth-order valence-corrected chi connectivity index (χ4v) is 3.93. The van der Waals surface area contributed by atoms with E-state index in [0.717, 1.165) is 5.39 Å². The third-order valence-corrected chi connectivity index (χ3v) is 5.69. The molecular weight excluding hydrogens is 427 g/mol. The maximum atomic E-state index is 14.8. The van der Waals surface area contributed by atoms with Gasteiger partial charge in [0.1, 0.15) is 5.82 Å². The lowest BCUT2D eigenvalue weighted by Crippen LogP contribution is -2.26. The Morgan fingerprint density at radius 3 is 2.90 bits per heavy atom. The molecule has 0 fully saturated rings. The molecule has 0 saturated heterocycles. The van der Waals surface area contributed by atoms with Crippen LogP contribution in [0.1, 0.15) is 9.67 Å². The van der Waals surface area contributed by atoms with Crippen molar-refractivity contribution < 1.29 is 13.9 Å². The molecule has 0 bridgehead atoms. The number of fused-ring (bicyclic) bond motifs is 1. The first-order chi connectivity index (χ1) is 14.6. The van der Waals surface area contributed by atoms with Crippen molar-refractivity contribution >= 4 is 51.1 Å². The summed E-state index contributed by atoms with van der Waals surface area (Å²) in [5.41, 5.74) is 2.21. The highest BCUT2D eigenvalue weighted by Crippen LogP contribution is 2.30. The van der Waals surface area contributed by atoms with Crippen LogP contribution < -0.4 is 10.6 Å². The molecule has 4 aromatic rings. The second-order valence-corrected chi connectivity index (χ2v) is 7.79. The molecule has 0 atom stereocenters. The van der Waals surface area contributed by atoms with E-state index in [1.165, 1.54) is 17.4 Å². The molecule has 0 spiro atoms. The van der Waals surface area contributed by atoms with Crippen LogP contribution in [0.3, 0.4) is 0 Å². The van der Waals surface area contributed by atoms with Gasteiger partial charge in [0.2, 0.25) is 0 Å². The Balaban J connectivity index is 1.60. The fourth-order valence-electron chi connectivity index (χ4n) is 2.97. The van der Waals surface area contributed by atoms with Crippen LogP contribution in [0.25, 0.3) is 16.6 Å². The number of hydrogen-bond donors (Lipinski definition) is 2. The van der Waals surface area contributed by atoms with E-state index in [9.17, 15) is 9.18 Å². The minimum absolute atomic E-state index is 0.183. The topological polar surface area (TPSA) is 68.2 Å². The third kappa shape index (κ3) is 4.16. The molecule has 30 heavy (non-hydrogen) atoms. The molecule has 9 heteroatoms. The highest BCUT2D eigenvalue weighted by atomic mass is 35.5. The molecule has 2 N–H and O–H groups in total. The molecule has 0 saturated carbocycles. The second-order valence-electron chi connectivity index (χ2n) is 6.47. The van der Waals surface area contributed by atoms with Crippen molar-refractivity contribution in [2.45, 2.75) is 0 Å². The van der Waals surface area contributed by atoms with Crippen LogP contribution in [0.5, 0.6) is 0 Å². The summed E-state index contributed by atoms with van der Waals surface area (Å²) in [7, 11) is 1.58. The Kier molecular flexibility index (Phi) is 5.98. The number of methoxy groups -OCH3 is 1. The number of hydrogen-bond acceptors (Lipinski definition) is 5. The molecule has 2 heterocycles. The molecule has 0 aliphatic heterocycles. The van der Waals surface area contributed by atoms with Gasteiger partial charge in [0, 0.05) is 30.5 Å². The van der Waals surface area contributed by atoms with E-state index in [4.69, 9.17) is 16.3 Å². The van der Waals surface area contributed by atoms with Crippen LogP contribution in [0.4, 0.5) is 15.8 Å². The molecule has 6 nitrogen and oxygen atoms in total. The van der Waals surface area contributed by atoms with Gasteiger partial charge >= 0.3 is 0 Å². The second kappa shape index (κ2) is 8.83. The first kappa shape index (κ1) is 20.3. The standard InChI is InChI=1S/C21H18ClFN4O2S/c1-29-7-6-24-21(28)20-9-14(12-30-20)27-19-10-16(23)18(8-13(19)11-25-27)26-17-5-3-2-4-15(17)22/h2-5,8-12,26H,6-7H2,1H3,(H,24,28). The minimum atomic E-state index is -0.433. The molecular formula is C21H18ClFN4O2S. The lowest BCUT2D eigenvalue weighted by atomic mass is 10.2. The lowest BCUT2D eigenvalue weighted by molar-refractivity contribution is 0.0941. The number of benzene rings is 2. The number of nitrogens with one attached hydrogen (secondary N) is 2. The van der Waals surface area contributed by atoms with Gasteiger partial charge in [0.05, 0.1) is 45.3 Å². The largest absolute Gasteiger partial charge is 0.383 e. The predicted octanol–water partition coefficient (Wildman–Crippen LogP) is 5.00. The van der Waals surface area contributed by atoms with Gasteiger partial charge in [-0.3, -0.25) is 4.79 Å². The molecule has 2 aromatic carbocycles. The van der Waals surface area contributed by atoms with E-state index in [2.05, 4.69) is 15.7 Å². The minimum Gasteiger partial charge on any atom is -0.383 e. The Morgan fingerprint density at radius 1 is 1.27 bits per heavy atom. The monoisotopic (exact) mass is 444 g/mol. The van der Waals surface area contributed by atoms with Crippen LogP contribution in [0.2, 0.25) is 5.02 Å². The van der Waals surface area contributed by atoms with Crippen molar-refractivity contribution in [3.05, 3.63) is 69.8 Å². The number of aromatic nitrogens is 2. The van der Waals surface area contributed by atoms with Gasteiger partial charge in [-0.05, 0) is 24.3 Å². The number of halogens is 2. The zero-order chi connectivity index (χ0) is 21.1. The number of nitrogens with zero attached hydrogens (tertiary/aromatic N) is 2. The average molecular weight is 445 g/mol. The smallest absolute Gasteiger partial charge is 0.261 e. The van der Waals surface area contributed by atoms with E-state index in [0.29, 0.717) is 45.6 Å². The number of thiophene rings is 1. The molecule has 1 amide bonds. The zero-order valence-corrected chi connectivity index (χ0v) is 17.6. The van der Waals surface area contributed by atoms with Crippen LogP contribution >= 0.6 is 22.9 Å². The van der Waals surface area contributed by atoms with Gasteiger partial charge in [-0.25, -0.2) is 9.07 Å². The number of anilines is 2. The van der Waals surface area contributed by atoms with Gasteiger partial charge in [-0.1, -0.05) is 23.7 Å². The summed E-state index contributed by atoms with van der Waals surface area (Å²) in [6.45, 7) is 0.872. The van der Waals surface area contributed by atoms with Crippen molar-refractivity contribution in [2.75, 3.05) is 25.6 Å². The molecule has 0 aliphatic rings. The van der Waals surface area contributed by atoms with Gasteiger partial charge in [-0.2, -0.15) is 5.10 Å². The number of carbonyl (C=O) groups excluding carboxylic acids is 1. The van der Waals surface area contributed by atoms with Gasteiger partial charge in [0.25, 0.3) is 5.91 Å². The predicted molar refractivity (Wildman–Crippen MR) is 118 cm³/mol. The van der Waals surface area contributed by atoms with Gasteiger partial charge < -0.3 is 15.4 Å². The van der Waals surface area contributed by atoms with E-state index in [1.54, 1.807) is 42.3 Å². The van der Waals surface area contributed by atoms with Gasteiger partial charge in [0.15, 0.2) is 0 Å². The van der Waals surface area contributed by atoms with Crippen molar-refractivity contribution in [3.8, 4) is 5.69 Å². The maximum Gasteiger partial charge on any atom is 0.261 e. The van der Waals surface area contributed by atoms with Crippen LogP contribution in [-0.2, 0) is 4.74 Å². The van der Waals surface area contributed by atoms with E-state index in [1.807, 2.05) is 17.5 Å². The van der Waals surface area contributed by atoms with E-state index >= 15 is 0 Å². The fraction of sp³-hybridized carbons (Fsp3) is 0.143. The molecule has 0 unspecified atom stereocenters. The average Bonchev–Trinajstić information content (AvgIpc) is 3.37. The summed E-state index contributed by atoms with van der Waals surface area (Å²) in [5.74, 6) is -0.617. The van der Waals surface area contributed by atoms with Crippen molar-refractivity contribution in [3.63, 3.8) is 0 Å². The molecule has 0 aliphatic carbocycles. The first-order valence-electron chi connectivity index (χ1n) is 9.11. The number of para-hydroxylation sites is 1. The molecule has 4 rings (SSSR count). The highest BCUT2D eigenvalue weighted by molar-refractivity contribution is 7.12. The highest BCUT2D eigenvalue weighted by Gasteiger charge is 2.14. The summed E-state index contributed by atoms with van der Waals surface area (Å²) >= 11 is 7.46. The number of amides is 1. The number of ether oxygens (including phenoxy) is 1. The van der Waals surface area contributed by atoms with Crippen molar-refractivity contribution in [1.29, 1.82) is 0 Å². The Hall–Kier alpha value is -2.94. The quantitative estimate of drug-likeness (QED) is 0.394. The van der Waals surface area contributed by atoms with Gasteiger partial charge in [-0.15, -0.1) is 11.3 Å². The number of carbonyl (C=O) groups is 1. The van der Waals surface area contributed by atoms with Crippen LogP contribution in [0, 0.1) is 5.82 Å². The summed E-state index contributed by atoms with van der Waals surface area (Å²) < 4.78 is 21.3. The van der Waals surface area contributed by atoms with Crippen molar-refractivity contribution in [1.82, 2.24) is 15.1 Å². The summed E-state index contributed by atoms with van der Waals surface area (Å²) in [6.07, 6.45) is 1.66. The zero-order valence-electron chi connectivity index (χ0n) is 16.0. The van der Waals surface area contributed by atoms with E-state index in [-0.39, 0.29) is 5.91 Å². The number of rotatable bonds is 7. The molecule has 0 radical (unpaired) electrons. The van der Waals surface area contributed by atoms with Crippen LogP contribution in [0.15, 0.2) is 54.0 Å². The molecule has 2 aromatic heterocycles. The Morgan fingerprint density at radius 2 is 2.10 bits per heavy atom. The Bertz CT molecular complexity index is 1210. The SMILES string of the molecule is COCCNC(=O)c1cc(-n2ncc3cc(Nc4ccccc4Cl)c(F)cc32)cs1. The molecule has 154 valence electrons. The maximum absolute atomic E-state index is 14.8.